The number of allylic oxidation sites excluding steroid dienone is 2. The summed E-state index contributed by atoms with van der Waals surface area (Å²) in [4.78, 5) is 0. The molecular formula is C36H52N2. The van der Waals surface area contributed by atoms with Gasteiger partial charge in [-0.1, -0.05) is 110 Å². The van der Waals surface area contributed by atoms with E-state index in [-0.39, 0.29) is 0 Å². The Labute approximate surface area is 233 Å². The maximum absolute atomic E-state index is 11.7. The molecule has 2 heteroatoms. The van der Waals surface area contributed by atoms with Crippen molar-refractivity contribution in [2.24, 2.45) is 0 Å². The first kappa shape index (κ1) is 30.1. The predicted octanol–water partition coefficient (Wildman–Crippen LogP) is 11.5. The van der Waals surface area contributed by atoms with Gasteiger partial charge in [0.15, 0.2) is 0 Å². The number of hydrogen-bond donors (Lipinski definition) is 0. The molecule has 1 aliphatic rings. The van der Waals surface area contributed by atoms with Crippen molar-refractivity contribution < 1.29 is 4.70 Å². The van der Waals surface area contributed by atoms with Gasteiger partial charge in [0, 0.05) is 22.3 Å². The number of unbranched alkanes of at least 4 members (excludes halogenated alkanes) is 9. The molecule has 1 heterocycles. The molecule has 0 unspecified atom stereocenters. The highest BCUT2D eigenvalue weighted by molar-refractivity contribution is 5.82. The highest BCUT2D eigenvalue weighted by Gasteiger charge is 2.34. The van der Waals surface area contributed by atoms with Gasteiger partial charge in [0.1, 0.15) is 0 Å². The summed E-state index contributed by atoms with van der Waals surface area (Å²) in [7, 11) is 0. The zero-order valence-corrected chi connectivity index (χ0v) is 24.8. The van der Waals surface area contributed by atoms with E-state index >= 15 is 0 Å². The Bertz CT molecular complexity index is 1070. The Morgan fingerprint density at radius 2 is 1.11 bits per heavy atom. The van der Waals surface area contributed by atoms with Crippen LogP contribution in [0.1, 0.15) is 140 Å². The van der Waals surface area contributed by atoms with Gasteiger partial charge in [0.25, 0.3) is 0 Å². The first-order valence-corrected chi connectivity index (χ1v) is 15.8. The van der Waals surface area contributed by atoms with Gasteiger partial charge in [0.05, 0.1) is 0 Å². The van der Waals surface area contributed by atoms with E-state index in [9.17, 15) is 5.53 Å². The smallest absolute Gasteiger partial charge is 0.211 e. The topological polar surface area (TPSA) is 25.3 Å². The summed E-state index contributed by atoms with van der Waals surface area (Å²) in [6.07, 6.45) is 19.5. The van der Waals surface area contributed by atoms with Gasteiger partial charge < -0.3 is 5.53 Å². The lowest BCUT2D eigenvalue weighted by molar-refractivity contribution is -0.345. The van der Waals surface area contributed by atoms with Crippen molar-refractivity contribution in [3.05, 3.63) is 87.5 Å². The zero-order chi connectivity index (χ0) is 27.2. The molecule has 0 radical (unpaired) electrons. The first-order valence-electron chi connectivity index (χ1n) is 15.8. The fourth-order valence-electron chi connectivity index (χ4n) is 5.82. The van der Waals surface area contributed by atoms with E-state index in [1.807, 2.05) is 0 Å². The average Bonchev–Trinajstić information content (AvgIpc) is 3.23. The largest absolute Gasteiger partial charge is 0.493 e. The molecule has 0 saturated carbocycles. The molecule has 0 amide bonds. The molecule has 2 aromatic carbocycles. The molecule has 0 spiro atoms. The maximum Gasteiger partial charge on any atom is 0.211 e. The molecule has 0 aromatic heterocycles. The second-order valence-electron chi connectivity index (χ2n) is 11.1. The molecule has 0 fully saturated rings. The van der Waals surface area contributed by atoms with Crippen molar-refractivity contribution in [2.75, 3.05) is 0 Å². The summed E-state index contributed by atoms with van der Waals surface area (Å²) >= 11 is 0. The second kappa shape index (κ2) is 16.5. The molecule has 0 bridgehead atoms. The molecule has 2 nitrogen and oxygen atoms in total. The fourth-order valence-corrected chi connectivity index (χ4v) is 5.82. The normalized spacial score (nSPS) is 13.7. The van der Waals surface area contributed by atoms with Gasteiger partial charge in [-0.2, -0.15) is 0 Å². The van der Waals surface area contributed by atoms with Crippen molar-refractivity contribution >= 4 is 11.4 Å². The summed E-state index contributed by atoms with van der Waals surface area (Å²) in [5.41, 5.74) is 21.3. The van der Waals surface area contributed by atoms with E-state index in [2.05, 4.69) is 76.2 Å². The Morgan fingerprint density at radius 3 is 1.76 bits per heavy atom. The molecule has 0 atom stereocenters. The highest BCUT2D eigenvalue weighted by atomic mass is 15.2. The monoisotopic (exact) mass is 512 g/mol. The minimum atomic E-state index is 0.922. The number of nitrogens with zero attached hydrogens (tertiary/aromatic N) is 2. The van der Waals surface area contributed by atoms with Crippen LogP contribution in [-0.2, 0) is 12.8 Å². The Kier molecular flexibility index (Phi) is 13.0. The summed E-state index contributed by atoms with van der Waals surface area (Å²) in [6, 6.07) is 17.9. The highest BCUT2D eigenvalue weighted by Crippen LogP contribution is 2.43. The van der Waals surface area contributed by atoms with Gasteiger partial charge in [0.2, 0.25) is 11.4 Å². The molecule has 206 valence electrons. The molecule has 38 heavy (non-hydrogen) atoms. The van der Waals surface area contributed by atoms with Crippen molar-refractivity contribution in [2.45, 2.75) is 130 Å². The second-order valence-corrected chi connectivity index (χ2v) is 11.1. The third kappa shape index (κ3) is 8.26. The van der Waals surface area contributed by atoms with Crippen LogP contribution >= 0.6 is 0 Å². The van der Waals surface area contributed by atoms with Gasteiger partial charge >= 0.3 is 0 Å². The van der Waals surface area contributed by atoms with Gasteiger partial charge in [-0.15, -0.1) is 0 Å². The lowest BCUT2D eigenvalue weighted by Crippen LogP contribution is -2.03. The quantitative estimate of drug-likeness (QED) is 0.140. The van der Waals surface area contributed by atoms with E-state index in [4.69, 9.17) is 0 Å². The van der Waals surface area contributed by atoms with E-state index in [0.29, 0.717) is 0 Å². The minimum Gasteiger partial charge on any atom is -0.493 e. The Balaban J connectivity index is 1.81. The van der Waals surface area contributed by atoms with Gasteiger partial charge in [-0.25, -0.2) is 4.70 Å². The molecule has 3 rings (SSSR count). The van der Waals surface area contributed by atoms with Crippen molar-refractivity contribution in [3.63, 3.8) is 0 Å². The van der Waals surface area contributed by atoms with Gasteiger partial charge in [-0.3, -0.25) is 0 Å². The summed E-state index contributed by atoms with van der Waals surface area (Å²) in [6.45, 7) is 9.02. The lowest BCUT2D eigenvalue weighted by Gasteiger charge is -2.11. The lowest BCUT2D eigenvalue weighted by atomic mass is 9.93. The first-order chi connectivity index (χ1) is 18.6. The summed E-state index contributed by atoms with van der Waals surface area (Å²) < 4.78 is 1.52. The van der Waals surface area contributed by atoms with Crippen LogP contribution in [0.5, 0.6) is 0 Å². The molecule has 1 aliphatic heterocycles. The molecule has 0 N–H and O–H groups in total. The average molecular weight is 513 g/mol. The van der Waals surface area contributed by atoms with Crippen LogP contribution in [0.4, 0.5) is 0 Å². The SMILES string of the molecule is CCCCCCCCc1ccc(C2=C(CCCC)C(CC)=C(c3cccc(CCCCCC)c3)[N+]2=[N-])cc1. The molecular weight excluding hydrogens is 460 g/mol. The third-order valence-electron chi connectivity index (χ3n) is 8.06. The van der Waals surface area contributed by atoms with Crippen LogP contribution in [0.25, 0.3) is 16.9 Å². The molecule has 2 aromatic rings. The van der Waals surface area contributed by atoms with Crippen LogP contribution in [-0.4, -0.2) is 4.70 Å². The third-order valence-corrected chi connectivity index (χ3v) is 8.06. The Hall–Kier alpha value is -2.48. The number of hydrogen-bond acceptors (Lipinski definition) is 0. The molecule has 0 saturated heterocycles. The van der Waals surface area contributed by atoms with E-state index in [1.54, 1.807) is 0 Å². The maximum atomic E-state index is 11.7. The zero-order valence-electron chi connectivity index (χ0n) is 24.8. The number of rotatable bonds is 18. The van der Waals surface area contributed by atoms with Crippen LogP contribution < -0.4 is 0 Å². The van der Waals surface area contributed by atoms with Crippen LogP contribution in [0, 0.1) is 0 Å². The predicted molar refractivity (Wildman–Crippen MR) is 165 cm³/mol. The summed E-state index contributed by atoms with van der Waals surface area (Å²) in [5, 5.41) is 0. The minimum absolute atomic E-state index is 0.922. The van der Waals surface area contributed by atoms with E-state index < -0.39 is 0 Å². The summed E-state index contributed by atoms with van der Waals surface area (Å²) in [5.74, 6) is 0. The number of benzene rings is 2. The van der Waals surface area contributed by atoms with Crippen molar-refractivity contribution in [1.29, 1.82) is 0 Å². The van der Waals surface area contributed by atoms with Gasteiger partial charge in [-0.05, 0) is 80.3 Å². The molecule has 0 aliphatic carbocycles. The van der Waals surface area contributed by atoms with Crippen molar-refractivity contribution in [3.8, 4) is 0 Å². The fraction of sp³-hybridized carbons (Fsp3) is 0.556. The van der Waals surface area contributed by atoms with Crippen LogP contribution in [0.3, 0.4) is 0 Å². The van der Waals surface area contributed by atoms with Crippen LogP contribution in [0.15, 0.2) is 59.7 Å². The van der Waals surface area contributed by atoms with Crippen LogP contribution in [0.2, 0.25) is 0 Å². The van der Waals surface area contributed by atoms with E-state index in [1.165, 1.54) is 91.2 Å². The van der Waals surface area contributed by atoms with Crippen molar-refractivity contribution in [1.82, 2.24) is 0 Å². The Morgan fingerprint density at radius 1 is 0.526 bits per heavy atom. The number of aryl methyl sites for hydroxylation is 2. The standard InChI is InChI=1S/C36H52N2/c1-5-9-12-14-15-17-19-29-24-26-31(27-25-29)35-34(23-11-7-3)33(8-4)36(38(35)37)32-22-18-21-30(28-32)20-16-13-10-6-2/h18,21-22,24-28H,5-17,19-20,23H2,1-4H3. The van der Waals surface area contributed by atoms with E-state index in [0.717, 1.165) is 61.0 Å².